The van der Waals surface area contributed by atoms with Crippen LogP contribution in [0.4, 0.5) is 36.8 Å². The summed E-state index contributed by atoms with van der Waals surface area (Å²) in [6, 6.07) is 2.92. The van der Waals surface area contributed by atoms with Gasteiger partial charge in [0.25, 0.3) is 0 Å². The number of halogens is 6. The van der Waals surface area contributed by atoms with Gasteiger partial charge >= 0.3 is 18.4 Å². The average Bonchev–Trinajstić information content (AvgIpc) is 3.19. The molecular weight excluding hydrogens is 482 g/mol. The molecule has 0 saturated carbocycles. The van der Waals surface area contributed by atoms with E-state index in [0.717, 1.165) is 17.0 Å². The molecule has 11 heteroatoms. The van der Waals surface area contributed by atoms with Gasteiger partial charge in [-0.1, -0.05) is 6.92 Å². The second-order valence-electron chi connectivity index (χ2n) is 8.62. The number of nitrogens with zero attached hydrogens (tertiary/aromatic N) is 2. The lowest BCUT2D eigenvalue weighted by Crippen LogP contribution is -2.47. The molecule has 0 radical (unpaired) electrons. The first-order chi connectivity index (χ1) is 15.7. The summed E-state index contributed by atoms with van der Waals surface area (Å²) in [5.41, 5.74) is -2.09. The Bertz CT molecular complexity index is 985. The van der Waals surface area contributed by atoms with Crippen LogP contribution in [-0.2, 0) is 23.6 Å². The SMILES string of the molecule is CCC1CC(N(C)Cc2cc(C(F)(F)F)cc(C(F)(F)F)c2)c2sccc2N1C(=O)OC(C)C. The van der Waals surface area contributed by atoms with Crippen LogP contribution in [0, 0.1) is 0 Å². The maximum atomic E-state index is 13.3. The molecule has 0 bridgehead atoms. The number of hydrogen-bond acceptors (Lipinski definition) is 4. The molecule has 188 valence electrons. The zero-order valence-corrected chi connectivity index (χ0v) is 19.9. The van der Waals surface area contributed by atoms with E-state index < -0.39 is 29.6 Å². The number of alkyl halides is 6. The Hall–Kier alpha value is -2.27. The predicted molar refractivity (Wildman–Crippen MR) is 118 cm³/mol. The van der Waals surface area contributed by atoms with Crippen molar-refractivity contribution in [3.63, 3.8) is 0 Å². The van der Waals surface area contributed by atoms with Gasteiger partial charge in [-0.2, -0.15) is 26.3 Å². The Kier molecular flexibility index (Phi) is 7.57. The minimum Gasteiger partial charge on any atom is -0.446 e. The van der Waals surface area contributed by atoms with Crippen molar-refractivity contribution in [2.24, 2.45) is 0 Å². The van der Waals surface area contributed by atoms with E-state index in [2.05, 4.69) is 0 Å². The van der Waals surface area contributed by atoms with Crippen molar-refractivity contribution in [3.05, 3.63) is 51.2 Å². The lowest BCUT2D eigenvalue weighted by atomic mass is 9.94. The van der Waals surface area contributed by atoms with Crippen LogP contribution in [0.1, 0.15) is 61.2 Å². The molecule has 2 atom stereocenters. The Morgan fingerprint density at radius 2 is 1.74 bits per heavy atom. The van der Waals surface area contributed by atoms with E-state index in [9.17, 15) is 31.1 Å². The third-order valence-electron chi connectivity index (χ3n) is 5.71. The highest BCUT2D eigenvalue weighted by molar-refractivity contribution is 7.10. The normalized spacial score (nSPS) is 19.0. The van der Waals surface area contributed by atoms with Gasteiger partial charge in [0.15, 0.2) is 0 Å². The van der Waals surface area contributed by atoms with Gasteiger partial charge in [-0.25, -0.2) is 4.79 Å². The summed E-state index contributed by atoms with van der Waals surface area (Å²) in [5.74, 6) is 0. The molecule has 1 aliphatic rings. The quantitative estimate of drug-likeness (QED) is 0.392. The van der Waals surface area contributed by atoms with Gasteiger partial charge in [-0.05, 0) is 68.9 Å². The zero-order chi connectivity index (χ0) is 25.4. The molecule has 2 unspecified atom stereocenters. The minimum absolute atomic E-state index is 0.0857. The van der Waals surface area contributed by atoms with Crippen molar-refractivity contribution in [2.75, 3.05) is 11.9 Å². The molecule has 34 heavy (non-hydrogen) atoms. The van der Waals surface area contributed by atoms with Crippen LogP contribution in [0.5, 0.6) is 0 Å². The van der Waals surface area contributed by atoms with E-state index in [1.807, 2.05) is 12.3 Å². The van der Waals surface area contributed by atoms with Gasteiger partial charge in [-0.3, -0.25) is 9.80 Å². The van der Waals surface area contributed by atoms with Gasteiger partial charge in [0.1, 0.15) is 0 Å². The molecule has 2 aromatic rings. The first-order valence-corrected chi connectivity index (χ1v) is 11.7. The molecule has 0 spiro atoms. The van der Waals surface area contributed by atoms with Crippen molar-refractivity contribution < 1.29 is 35.9 Å². The lowest BCUT2D eigenvalue weighted by molar-refractivity contribution is -0.143. The van der Waals surface area contributed by atoms with Crippen molar-refractivity contribution in [1.82, 2.24) is 4.90 Å². The summed E-state index contributed by atoms with van der Waals surface area (Å²) in [6.07, 6.45) is -9.50. The Morgan fingerprint density at radius 3 is 2.24 bits per heavy atom. The van der Waals surface area contributed by atoms with E-state index in [-0.39, 0.29) is 36.4 Å². The minimum atomic E-state index is -4.90. The van der Waals surface area contributed by atoms with Crippen LogP contribution in [0.15, 0.2) is 29.6 Å². The molecule has 4 nitrogen and oxygen atoms in total. The van der Waals surface area contributed by atoms with Gasteiger partial charge in [-0.15, -0.1) is 11.3 Å². The summed E-state index contributed by atoms with van der Waals surface area (Å²) in [4.78, 5) is 16.9. The Labute approximate surface area is 198 Å². The average molecular weight is 509 g/mol. The summed E-state index contributed by atoms with van der Waals surface area (Å²) in [6.45, 7) is 5.29. The highest BCUT2D eigenvalue weighted by Crippen LogP contribution is 2.45. The lowest BCUT2D eigenvalue weighted by Gasteiger charge is -2.41. The molecule has 0 aliphatic carbocycles. The number of carbonyl (C=O) groups is 1. The third kappa shape index (κ3) is 5.68. The molecule has 2 heterocycles. The fraction of sp³-hybridized carbons (Fsp3) is 0.522. The third-order valence-corrected chi connectivity index (χ3v) is 6.72. The van der Waals surface area contributed by atoms with Crippen LogP contribution in [-0.4, -0.2) is 30.2 Å². The number of ether oxygens (including phenoxy) is 1. The number of hydrogen-bond donors (Lipinski definition) is 0. The van der Waals surface area contributed by atoms with E-state index in [1.165, 1.54) is 11.3 Å². The molecule has 0 saturated heterocycles. The van der Waals surface area contributed by atoms with Gasteiger partial charge in [0, 0.05) is 23.5 Å². The number of amides is 1. The van der Waals surface area contributed by atoms with E-state index in [0.29, 0.717) is 18.5 Å². The molecule has 1 aliphatic heterocycles. The van der Waals surface area contributed by atoms with E-state index in [4.69, 9.17) is 4.74 Å². The number of anilines is 1. The van der Waals surface area contributed by atoms with Crippen LogP contribution in [0.2, 0.25) is 0 Å². The first-order valence-electron chi connectivity index (χ1n) is 10.8. The van der Waals surface area contributed by atoms with Crippen LogP contribution in [0.3, 0.4) is 0 Å². The second-order valence-corrected chi connectivity index (χ2v) is 9.56. The molecule has 1 amide bonds. The first kappa shape index (κ1) is 26.3. The highest BCUT2D eigenvalue weighted by atomic mass is 32.1. The summed E-state index contributed by atoms with van der Waals surface area (Å²) >= 11 is 1.39. The smallest absolute Gasteiger partial charge is 0.416 e. The zero-order valence-electron chi connectivity index (χ0n) is 19.1. The van der Waals surface area contributed by atoms with Crippen LogP contribution >= 0.6 is 11.3 Å². The van der Waals surface area contributed by atoms with Crippen molar-refractivity contribution in [1.29, 1.82) is 0 Å². The highest BCUT2D eigenvalue weighted by Gasteiger charge is 2.40. The fourth-order valence-electron chi connectivity index (χ4n) is 4.17. The van der Waals surface area contributed by atoms with Gasteiger partial charge in [0.2, 0.25) is 0 Å². The number of benzene rings is 1. The monoisotopic (exact) mass is 508 g/mol. The maximum Gasteiger partial charge on any atom is 0.416 e. The van der Waals surface area contributed by atoms with E-state index in [1.54, 1.807) is 36.8 Å². The van der Waals surface area contributed by atoms with Crippen LogP contribution < -0.4 is 4.90 Å². The fourth-order valence-corrected chi connectivity index (χ4v) is 5.24. The second kappa shape index (κ2) is 9.77. The molecular formula is C23H26F6N2O2S. The van der Waals surface area contributed by atoms with E-state index >= 15 is 0 Å². The molecule has 3 rings (SSSR count). The molecule has 1 aromatic carbocycles. The number of carbonyl (C=O) groups excluding carboxylic acids is 1. The van der Waals surface area contributed by atoms with Gasteiger partial charge in [0.05, 0.1) is 22.9 Å². The summed E-state index contributed by atoms with van der Waals surface area (Å²) in [7, 11) is 1.66. The van der Waals surface area contributed by atoms with Gasteiger partial charge < -0.3 is 4.74 Å². The topological polar surface area (TPSA) is 32.8 Å². The molecule has 0 N–H and O–H groups in total. The summed E-state index contributed by atoms with van der Waals surface area (Å²) in [5, 5.41) is 1.81. The van der Waals surface area contributed by atoms with Crippen molar-refractivity contribution in [2.45, 2.75) is 70.7 Å². The maximum absolute atomic E-state index is 13.3. The van der Waals surface area contributed by atoms with Crippen LogP contribution in [0.25, 0.3) is 0 Å². The molecule has 1 aromatic heterocycles. The number of thiophene rings is 1. The Morgan fingerprint density at radius 1 is 1.15 bits per heavy atom. The number of fused-ring (bicyclic) bond motifs is 1. The predicted octanol–water partition coefficient (Wildman–Crippen LogP) is 7.49. The van der Waals surface area contributed by atoms with Crippen molar-refractivity contribution in [3.8, 4) is 0 Å². The summed E-state index contributed by atoms with van der Waals surface area (Å²) < 4.78 is 85.0. The largest absolute Gasteiger partial charge is 0.446 e. The van der Waals surface area contributed by atoms with Crippen molar-refractivity contribution >= 4 is 23.1 Å². The Balaban J connectivity index is 1.93. The molecule has 0 fully saturated rings. The number of rotatable bonds is 5. The standard InChI is InChI=1S/C23H26F6N2O2S/c1-5-17-11-19(20-18(6-7-34-20)31(17)21(32)33-13(2)3)30(4)12-14-8-15(22(24,25)26)10-16(9-14)23(27,28)29/h6-10,13,17,19H,5,11-12H2,1-4H3.